The second-order valence-corrected chi connectivity index (χ2v) is 7.19. The maximum atomic E-state index is 13.9. The summed E-state index contributed by atoms with van der Waals surface area (Å²) in [4.78, 5) is 26.0. The molecule has 0 aliphatic carbocycles. The average Bonchev–Trinajstić information content (AvgIpc) is 2.96. The van der Waals surface area contributed by atoms with E-state index in [0.29, 0.717) is 34.7 Å². The molecule has 0 unspecified atom stereocenters. The Morgan fingerprint density at radius 1 is 1.23 bits per heavy atom. The SMILES string of the molecule is C=CCOc1c(Br)cc(/C=C2\NC(=O)N(Cc3ccccc3F)C2=O)cc1OCC. The Morgan fingerprint density at radius 2 is 2.00 bits per heavy atom. The number of amides is 3. The summed E-state index contributed by atoms with van der Waals surface area (Å²) in [5, 5.41) is 2.54. The third-order valence-corrected chi connectivity index (χ3v) is 4.83. The van der Waals surface area contributed by atoms with Crippen molar-refractivity contribution in [3.8, 4) is 11.5 Å². The molecule has 0 saturated carbocycles. The number of imide groups is 1. The number of urea groups is 1. The lowest BCUT2D eigenvalue weighted by Crippen LogP contribution is -2.30. The van der Waals surface area contributed by atoms with Crippen molar-refractivity contribution < 1.29 is 23.5 Å². The van der Waals surface area contributed by atoms with Crippen molar-refractivity contribution in [3.63, 3.8) is 0 Å². The minimum Gasteiger partial charge on any atom is -0.490 e. The fourth-order valence-electron chi connectivity index (χ4n) is 2.90. The van der Waals surface area contributed by atoms with Crippen LogP contribution in [0.4, 0.5) is 9.18 Å². The molecule has 1 aliphatic heterocycles. The van der Waals surface area contributed by atoms with Crippen LogP contribution < -0.4 is 14.8 Å². The highest BCUT2D eigenvalue weighted by atomic mass is 79.9. The highest BCUT2D eigenvalue weighted by Gasteiger charge is 2.34. The first kappa shape index (κ1) is 21.6. The van der Waals surface area contributed by atoms with Crippen LogP contribution in [0.15, 0.2) is 59.2 Å². The van der Waals surface area contributed by atoms with Gasteiger partial charge in [0.15, 0.2) is 11.5 Å². The third kappa shape index (κ3) is 4.71. The van der Waals surface area contributed by atoms with Crippen LogP contribution in [0, 0.1) is 5.82 Å². The van der Waals surface area contributed by atoms with Gasteiger partial charge in [0.05, 0.1) is 17.6 Å². The summed E-state index contributed by atoms with van der Waals surface area (Å²) in [6, 6.07) is 8.86. The van der Waals surface area contributed by atoms with Gasteiger partial charge in [-0.3, -0.25) is 9.69 Å². The number of carbonyl (C=O) groups is 2. The quantitative estimate of drug-likeness (QED) is 0.343. The molecule has 156 valence electrons. The number of halogens is 2. The van der Waals surface area contributed by atoms with Crippen LogP contribution in [-0.2, 0) is 11.3 Å². The zero-order chi connectivity index (χ0) is 21.7. The van der Waals surface area contributed by atoms with Crippen molar-refractivity contribution >= 4 is 33.9 Å². The maximum absolute atomic E-state index is 13.9. The van der Waals surface area contributed by atoms with Crippen LogP contribution in [-0.4, -0.2) is 30.1 Å². The monoisotopic (exact) mass is 474 g/mol. The predicted molar refractivity (Wildman–Crippen MR) is 114 cm³/mol. The van der Waals surface area contributed by atoms with Gasteiger partial charge in [-0.2, -0.15) is 0 Å². The Kier molecular flexibility index (Phi) is 6.89. The lowest BCUT2D eigenvalue weighted by atomic mass is 10.1. The smallest absolute Gasteiger partial charge is 0.329 e. The van der Waals surface area contributed by atoms with Gasteiger partial charge in [0, 0.05) is 5.56 Å². The van der Waals surface area contributed by atoms with Gasteiger partial charge in [-0.15, -0.1) is 0 Å². The van der Waals surface area contributed by atoms with Gasteiger partial charge in [0.1, 0.15) is 18.1 Å². The average molecular weight is 475 g/mol. The van der Waals surface area contributed by atoms with Crippen molar-refractivity contribution in [1.29, 1.82) is 0 Å². The van der Waals surface area contributed by atoms with E-state index in [9.17, 15) is 14.0 Å². The summed E-state index contributed by atoms with van der Waals surface area (Å²) in [6.07, 6.45) is 3.15. The highest BCUT2D eigenvalue weighted by Crippen LogP contribution is 2.37. The van der Waals surface area contributed by atoms with Gasteiger partial charge in [-0.05, 0) is 52.7 Å². The van der Waals surface area contributed by atoms with Gasteiger partial charge in [0.25, 0.3) is 5.91 Å². The molecule has 1 saturated heterocycles. The number of hydrogen-bond acceptors (Lipinski definition) is 4. The van der Waals surface area contributed by atoms with Crippen molar-refractivity contribution in [2.45, 2.75) is 13.5 Å². The predicted octanol–water partition coefficient (Wildman–Crippen LogP) is 4.64. The van der Waals surface area contributed by atoms with Gasteiger partial charge >= 0.3 is 6.03 Å². The van der Waals surface area contributed by atoms with Crippen molar-refractivity contribution in [2.75, 3.05) is 13.2 Å². The molecule has 2 aromatic carbocycles. The van der Waals surface area contributed by atoms with Crippen molar-refractivity contribution in [3.05, 3.63) is 76.2 Å². The Bertz CT molecular complexity index is 1020. The molecule has 0 spiro atoms. The number of nitrogens with one attached hydrogen (secondary N) is 1. The zero-order valence-corrected chi connectivity index (χ0v) is 17.9. The fourth-order valence-corrected chi connectivity index (χ4v) is 3.47. The summed E-state index contributed by atoms with van der Waals surface area (Å²) >= 11 is 3.45. The molecule has 1 aliphatic rings. The molecule has 0 bridgehead atoms. The van der Waals surface area contributed by atoms with Crippen LogP contribution >= 0.6 is 15.9 Å². The van der Waals surface area contributed by atoms with Gasteiger partial charge in [-0.1, -0.05) is 30.9 Å². The van der Waals surface area contributed by atoms with E-state index in [-0.39, 0.29) is 17.8 Å². The number of hydrogen-bond donors (Lipinski definition) is 1. The standard InChI is InChI=1S/C22H20BrFN2O4/c1-3-9-30-20-16(23)10-14(12-19(20)29-4-2)11-18-21(27)26(22(28)25-18)13-15-7-5-6-8-17(15)24/h3,5-8,10-12H,1,4,9,13H2,2H3,(H,25,28)/b18-11-. The Balaban J connectivity index is 1.87. The van der Waals surface area contributed by atoms with Crippen LogP contribution in [0.25, 0.3) is 6.08 Å². The van der Waals surface area contributed by atoms with E-state index in [4.69, 9.17) is 9.47 Å². The minimum atomic E-state index is -0.607. The second kappa shape index (κ2) is 9.58. The van der Waals surface area contributed by atoms with E-state index >= 15 is 0 Å². The summed E-state index contributed by atoms with van der Waals surface area (Å²) in [7, 11) is 0. The number of rotatable bonds is 8. The molecule has 8 heteroatoms. The van der Waals surface area contributed by atoms with E-state index < -0.39 is 17.8 Å². The molecule has 3 amide bonds. The lowest BCUT2D eigenvalue weighted by Gasteiger charge is -2.14. The summed E-state index contributed by atoms with van der Waals surface area (Å²) < 4.78 is 25.8. The molecular formula is C22H20BrFN2O4. The number of ether oxygens (including phenoxy) is 2. The molecule has 3 rings (SSSR count). The summed E-state index contributed by atoms with van der Waals surface area (Å²) in [6.45, 7) is 6.04. The highest BCUT2D eigenvalue weighted by molar-refractivity contribution is 9.10. The Hall–Kier alpha value is -3.13. The molecule has 1 N–H and O–H groups in total. The number of nitrogens with zero attached hydrogens (tertiary/aromatic N) is 1. The largest absolute Gasteiger partial charge is 0.490 e. The topological polar surface area (TPSA) is 67.9 Å². The first-order valence-corrected chi connectivity index (χ1v) is 10.0. The number of carbonyl (C=O) groups excluding carboxylic acids is 2. The minimum absolute atomic E-state index is 0.0884. The molecule has 0 atom stereocenters. The van der Waals surface area contributed by atoms with E-state index in [0.717, 1.165) is 4.90 Å². The lowest BCUT2D eigenvalue weighted by molar-refractivity contribution is -0.123. The molecule has 0 aromatic heterocycles. The fraction of sp³-hybridized carbons (Fsp3) is 0.182. The molecule has 1 fully saturated rings. The first-order valence-electron chi connectivity index (χ1n) is 9.22. The molecule has 2 aromatic rings. The molecule has 30 heavy (non-hydrogen) atoms. The van der Waals surface area contributed by atoms with Crippen molar-refractivity contribution in [1.82, 2.24) is 10.2 Å². The molecule has 1 heterocycles. The van der Waals surface area contributed by atoms with Crippen LogP contribution in [0.2, 0.25) is 0 Å². The van der Waals surface area contributed by atoms with Crippen LogP contribution in [0.5, 0.6) is 11.5 Å². The van der Waals surface area contributed by atoms with Gasteiger partial charge in [-0.25, -0.2) is 9.18 Å². The van der Waals surface area contributed by atoms with E-state index in [1.54, 1.807) is 30.3 Å². The molecule has 0 radical (unpaired) electrons. The van der Waals surface area contributed by atoms with Crippen molar-refractivity contribution in [2.24, 2.45) is 0 Å². The summed E-state index contributed by atoms with van der Waals surface area (Å²) in [5.41, 5.74) is 0.963. The van der Waals surface area contributed by atoms with E-state index in [1.165, 1.54) is 18.2 Å². The third-order valence-electron chi connectivity index (χ3n) is 4.24. The Labute approximate surface area is 182 Å². The van der Waals surface area contributed by atoms with E-state index in [1.807, 2.05) is 6.92 Å². The molecular weight excluding hydrogens is 455 g/mol. The summed E-state index contributed by atoms with van der Waals surface area (Å²) in [5.74, 6) is -0.0114. The Morgan fingerprint density at radius 3 is 2.70 bits per heavy atom. The van der Waals surface area contributed by atoms with Crippen LogP contribution in [0.1, 0.15) is 18.1 Å². The first-order chi connectivity index (χ1) is 14.4. The van der Waals surface area contributed by atoms with Gasteiger partial charge in [0.2, 0.25) is 0 Å². The number of benzene rings is 2. The van der Waals surface area contributed by atoms with Gasteiger partial charge < -0.3 is 14.8 Å². The molecule has 6 nitrogen and oxygen atoms in total. The second-order valence-electron chi connectivity index (χ2n) is 6.33. The maximum Gasteiger partial charge on any atom is 0.329 e. The zero-order valence-electron chi connectivity index (χ0n) is 16.3. The normalized spacial score (nSPS) is 14.8. The van der Waals surface area contributed by atoms with Crippen LogP contribution in [0.3, 0.4) is 0 Å². The van der Waals surface area contributed by atoms with E-state index in [2.05, 4.69) is 27.8 Å².